The number of rotatable bonds is 0. The van der Waals surface area contributed by atoms with Crippen molar-refractivity contribution in [1.82, 2.24) is 0 Å². The molecule has 84 valence electrons. The molecule has 2 aromatic carbocycles. The van der Waals surface area contributed by atoms with Crippen molar-refractivity contribution in [2.45, 2.75) is 0 Å². The van der Waals surface area contributed by atoms with E-state index in [4.69, 9.17) is 11.6 Å². The topological polar surface area (TPSA) is 3.24 Å². The van der Waals surface area contributed by atoms with Gasteiger partial charge in [-0.15, -0.1) is 0 Å². The van der Waals surface area contributed by atoms with E-state index in [1.165, 1.54) is 5.69 Å². The Balaban J connectivity index is 2.32. The summed E-state index contributed by atoms with van der Waals surface area (Å²) >= 11 is 6.38. The first kappa shape index (κ1) is 10.4. The summed E-state index contributed by atoms with van der Waals surface area (Å²) in [5.74, 6) is 0. The minimum absolute atomic E-state index is 0.789. The van der Waals surface area contributed by atoms with Crippen LogP contribution in [0, 0.1) is 0 Å². The first-order valence-electron chi connectivity index (χ1n) is 5.57. The summed E-state index contributed by atoms with van der Waals surface area (Å²) in [7, 11) is 2.07. The van der Waals surface area contributed by atoms with Crippen LogP contribution < -0.4 is 4.90 Å². The van der Waals surface area contributed by atoms with E-state index in [1.807, 2.05) is 30.3 Å². The van der Waals surface area contributed by atoms with E-state index in [-0.39, 0.29) is 0 Å². The predicted octanol–water partition coefficient (Wildman–Crippen LogP) is 4.50. The smallest absolute Gasteiger partial charge is 0.0506 e. The lowest BCUT2D eigenvalue weighted by Crippen LogP contribution is -2.10. The van der Waals surface area contributed by atoms with Crippen LogP contribution in [0.25, 0.3) is 11.1 Å². The van der Waals surface area contributed by atoms with Gasteiger partial charge in [0.1, 0.15) is 0 Å². The third-order valence-corrected chi connectivity index (χ3v) is 3.42. The van der Waals surface area contributed by atoms with Crippen LogP contribution in [0.3, 0.4) is 0 Å². The summed E-state index contributed by atoms with van der Waals surface area (Å²) in [6, 6.07) is 16.5. The molecule has 0 saturated carbocycles. The maximum absolute atomic E-state index is 6.38. The molecule has 2 heteroatoms. The molecule has 0 unspecified atom stereocenters. The van der Waals surface area contributed by atoms with Crippen molar-refractivity contribution < 1.29 is 0 Å². The zero-order valence-electron chi connectivity index (χ0n) is 9.52. The molecule has 0 bridgehead atoms. The van der Waals surface area contributed by atoms with Crippen molar-refractivity contribution in [3.8, 4) is 0 Å². The zero-order valence-corrected chi connectivity index (χ0v) is 10.3. The molecule has 0 aliphatic carbocycles. The van der Waals surface area contributed by atoms with Crippen LogP contribution >= 0.6 is 11.6 Å². The van der Waals surface area contributed by atoms with Gasteiger partial charge in [-0.2, -0.15) is 0 Å². The highest BCUT2D eigenvalue weighted by molar-refractivity contribution is 6.52. The molecule has 0 saturated heterocycles. The second kappa shape index (κ2) is 3.94. The number of nitrogens with zero attached hydrogens (tertiary/aromatic N) is 1. The monoisotopic (exact) mass is 241 g/mol. The zero-order chi connectivity index (χ0) is 11.8. The Kier molecular flexibility index (Phi) is 2.41. The first-order chi connectivity index (χ1) is 8.27. The molecule has 0 atom stereocenters. The SMILES string of the molecule is CN1c2ccccc2C=C(Cl)c2ccccc21. The number of hydrogen-bond acceptors (Lipinski definition) is 1. The van der Waals surface area contributed by atoms with E-state index in [1.54, 1.807) is 0 Å². The minimum Gasteiger partial charge on any atom is -0.344 e. The highest BCUT2D eigenvalue weighted by Crippen LogP contribution is 2.39. The lowest BCUT2D eigenvalue weighted by atomic mass is 10.1. The fourth-order valence-electron chi connectivity index (χ4n) is 2.23. The quantitative estimate of drug-likeness (QED) is 0.656. The lowest BCUT2D eigenvalue weighted by Gasteiger charge is -2.21. The molecule has 1 aliphatic rings. The Bertz CT molecular complexity index is 601. The molecule has 0 aromatic heterocycles. The van der Waals surface area contributed by atoms with Gasteiger partial charge in [-0.05, 0) is 23.8 Å². The maximum Gasteiger partial charge on any atom is 0.0506 e. The van der Waals surface area contributed by atoms with E-state index in [0.29, 0.717) is 0 Å². The first-order valence-corrected chi connectivity index (χ1v) is 5.94. The average molecular weight is 242 g/mol. The Hall–Kier alpha value is -1.73. The Morgan fingerprint density at radius 2 is 1.53 bits per heavy atom. The number of anilines is 2. The molecule has 2 aromatic rings. The Labute approximate surface area is 106 Å². The van der Waals surface area contributed by atoms with E-state index >= 15 is 0 Å². The fourth-order valence-corrected chi connectivity index (χ4v) is 2.50. The van der Waals surface area contributed by atoms with Gasteiger partial charge in [0.25, 0.3) is 0 Å². The molecule has 3 rings (SSSR count). The largest absolute Gasteiger partial charge is 0.344 e. The summed E-state index contributed by atoms with van der Waals surface area (Å²) in [5.41, 5.74) is 4.54. The number of benzene rings is 2. The number of para-hydroxylation sites is 2. The Morgan fingerprint density at radius 1 is 0.882 bits per heavy atom. The summed E-state index contributed by atoms with van der Waals surface area (Å²) in [5, 5.41) is 0.789. The van der Waals surface area contributed by atoms with Gasteiger partial charge in [0, 0.05) is 24.0 Å². The second-order valence-corrected chi connectivity index (χ2v) is 4.53. The normalized spacial score (nSPS) is 13.5. The van der Waals surface area contributed by atoms with Gasteiger partial charge in [-0.3, -0.25) is 0 Å². The van der Waals surface area contributed by atoms with Crippen LogP contribution in [0.5, 0.6) is 0 Å². The van der Waals surface area contributed by atoms with Crippen LogP contribution in [0.1, 0.15) is 11.1 Å². The molecule has 1 aliphatic heterocycles. The molecule has 0 fully saturated rings. The molecular formula is C15H12ClN. The summed E-state index contributed by atoms with van der Waals surface area (Å²) in [4.78, 5) is 2.18. The highest BCUT2D eigenvalue weighted by Gasteiger charge is 2.16. The van der Waals surface area contributed by atoms with E-state index in [9.17, 15) is 0 Å². The standard InChI is InChI=1S/C15H12ClN/c1-17-14-8-4-2-6-11(14)10-13(16)12-7-3-5-9-15(12)17/h2-10H,1H3. The van der Waals surface area contributed by atoms with Gasteiger partial charge in [0.2, 0.25) is 0 Å². The van der Waals surface area contributed by atoms with Gasteiger partial charge < -0.3 is 4.90 Å². The van der Waals surface area contributed by atoms with Crippen LogP contribution in [0.4, 0.5) is 11.4 Å². The van der Waals surface area contributed by atoms with E-state index in [2.05, 4.69) is 36.2 Å². The maximum atomic E-state index is 6.38. The van der Waals surface area contributed by atoms with Crippen LogP contribution in [0.15, 0.2) is 48.5 Å². The van der Waals surface area contributed by atoms with Crippen molar-refractivity contribution in [3.63, 3.8) is 0 Å². The molecule has 0 radical (unpaired) electrons. The molecule has 0 amide bonds. The molecule has 1 nitrogen and oxygen atoms in total. The summed E-state index contributed by atoms with van der Waals surface area (Å²) < 4.78 is 0. The fraction of sp³-hybridized carbons (Fsp3) is 0.0667. The third-order valence-electron chi connectivity index (χ3n) is 3.10. The van der Waals surface area contributed by atoms with Crippen molar-refractivity contribution in [3.05, 3.63) is 59.7 Å². The van der Waals surface area contributed by atoms with E-state index < -0.39 is 0 Å². The number of hydrogen-bond donors (Lipinski definition) is 0. The third kappa shape index (κ3) is 1.63. The van der Waals surface area contributed by atoms with Crippen LogP contribution in [-0.4, -0.2) is 7.05 Å². The van der Waals surface area contributed by atoms with Gasteiger partial charge >= 0.3 is 0 Å². The van der Waals surface area contributed by atoms with Crippen molar-refractivity contribution in [1.29, 1.82) is 0 Å². The van der Waals surface area contributed by atoms with Crippen LogP contribution in [-0.2, 0) is 0 Å². The molecule has 17 heavy (non-hydrogen) atoms. The highest BCUT2D eigenvalue weighted by atomic mass is 35.5. The molecular weight excluding hydrogens is 230 g/mol. The van der Waals surface area contributed by atoms with Crippen LogP contribution in [0.2, 0.25) is 0 Å². The van der Waals surface area contributed by atoms with Crippen molar-refractivity contribution >= 4 is 34.1 Å². The van der Waals surface area contributed by atoms with E-state index in [0.717, 1.165) is 21.8 Å². The number of fused-ring (bicyclic) bond motifs is 2. The van der Waals surface area contributed by atoms with Crippen molar-refractivity contribution in [2.24, 2.45) is 0 Å². The average Bonchev–Trinajstić information content (AvgIpc) is 2.48. The molecule has 0 N–H and O–H groups in total. The van der Waals surface area contributed by atoms with Gasteiger partial charge in [-0.25, -0.2) is 0 Å². The summed E-state index contributed by atoms with van der Waals surface area (Å²) in [6.45, 7) is 0. The minimum atomic E-state index is 0.789. The molecule has 1 heterocycles. The predicted molar refractivity (Wildman–Crippen MR) is 74.7 cm³/mol. The Morgan fingerprint density at radius 3 is 2.35 bits per heavy atom. The van der Waals surface area contributed by atoms with Crippen molar-refractivity contribution in [2.75, 3.05) is 11.9 Å². The van der Waals surface area contributed by atoms with Gasteiger partial charge in [-0.1, -0.05) is 48.0 Å². The summed E-state index contributed by atoms with van der Waals surface area (Å²) in [6.07, 6.45) is 2.03. The van der Waals surface area contributed by atoms with Gasteiger partial charge in [0.05, 0.1) is 5.03 Å². The number of halogens is 1. The van der Waals surface area contributed by atoms with Gasteiger partial charge in [0.15, 0.2) is 0 Å². The molecule has 0 spiro atoms. The second-order valence-electron chi connectivity index (χ2n) is 4.13. The lowest BCUT2D eigenvalue weighted by molar-refractivity contribution is 1.20.